The van der Waals surface area contributed by atoms with Crippen molar-refractivity contribution in [3.8, 4) is 0 Å². The van der Waals surface area contributed by atoms with Crippen molar-refractivity contribution in [3.05, 3.63) is 35.4 Å². The molecule has 2 unspecified atom stereocenters. The second kappa shape index (κ2) is 5.60. The van der Waals surface area contributed by atoms with Crippen LogP contribution in [0.15, 0.2) is 18.2 Å². The molecular formula is C16H19F2NO. The van der Waals surface area contributed by atoms with Gasteiger partial charge in [0.15, 0.2) is 0 Å². The van der Waals surface area contributed by atoms with Crippen molar-refractivity contribution < 1.29 is 13.6 Å². The van der Waals surface area contributed by atoms with E-state index in [1.807, 2.05) is 0 Å². The van der Waals surface area contributed by atoms with Gasteiger partial charge in [-0.25, -0.2) is 8.78 Å². The highest BCUT2D eigenvalue weighted by Gasteiger charge is 2.38. The lowest BCUT2D eigenvalue weighted by Gasteiger charge is -2.28. The molecule has 108 valence electrons. The molecule has 2 atom stereocenters. The van der Waals surface area contributed by atoms with Crippen LogP contribution in [0.5, 0.6) is 0 Å². The van der Waals surface area contributed by atoms with E-state index in [2.05, 4.69) is 4.90 Å². The smallest absolute Gasteiger partial charge is 0.137 e. The fourth-order valence-electron chi connectivity index (χ4n) is 3.62. The summed E-state index contributed by atoms with van der Waals surface area (Å²) in [5, 5.41) is 0. The number of hydrogen-bond donors (Lipinski definition) is 0. The molecule has 0 radical (unpaired) electrons. The van der Waals surface area contributed by atoms with Crippen molar-refractivity contribution in [2.45, 2.75) is 44.7 Å². The van der Waals surface area contributed by atoms with Crippen molar-refractivity contribution >= 4 is 5.78 Å². The molecule has 1 aromatic carbocycles. The minimum atomic E-state index is -0.546. The maximum absolute atomic E-state index is 13.8. The summed E-state index contributed by atoms with van der Waals surface area (Å²) in [6.45, 7) is 1.37. The Balaban J connectivity index is 1.74. The molecule has 1 aliphatic carbocycles. The molecule has 0 aromatic heterocycles. The minimum absolute atomic E-state index is 0.126. The van der Waals surface area contributed by atoms with Crippen LogP contribution in [0.2, 0.25) is 0 Å². The number of benzene rings is 1. The number of rotatable bonds is 3. The third-order valence-electron chi connectivity index (χ3n) is 4.62. The van der Waals surface area contributed by atoms with Crippen molar-refractivity contribution in [1.82, 2.24) is 4.90 Å². The number of ketones is 1. The van der Waals surface area contributed by atoms with E-state index in [0.29, 0.717) is 24.3 Å². The van der Waals surface area contributed by atoms with Crippen molar-refractivity contribution in [3.63, 3.8) is 0 Å². The van der Waals surface area contributed by atoms with Crippen LogP contribution in [0, 0.1) is 17.6 Å². The molecule has 0 N–H and O–H groups in total. The lowest BCUT2D eigenvalue weighted by molar-refractivity contribution is -0.122. The molecule has 3 rings (SSSR count). The zero-order valence-corrected chi connectivity index (χ0v) is 11.4. The zero-order chi connectivity index (χ0) is 14.1. The first-order valence-corrected chi connectivity index (χ1v) is 7.36. The fourth-order valence-corrected chi connectivity index (χ4v) is 3.62. The molecule has 1 aliphatic heterocycles. The number of carbonyl (C=O) groups excluding carboxylic acids is 1. The van der Waals surface area contributed by atoms with E-state index in [1.165, 1.54) is 12.1 Å². The van der Waals surface area contributed by atoms with Gasteiger partial charge in [-0.15, -0.1) is 0 Å². The van der Waals surface area contributed by atoms with Gasteiger partial charge in [0, 0.05) is 36.6 Å². The summed E-state index contributed by atoms with van der Waals surface area (Å²) < 4.78 is 26.7. The van der Waals surface area contributed by atoms with Gasteiger partial charge in [0.25, 0.3) is 0 Å². The van der Waals surface area contributed by atoms with Crippen molar-refractivity contribution in [2.75, 3.05) is 6.54 Å². The number of hydrogen-bond acceptors (Lipinski definition) is 2. The average Bonchev–Trinajstić information content (AvgIpc) is 3.01. The van der Waals surface area contributed by atoms with Crippen molar-refractivity contribution in [2.24, 2.45) is 5.92 Å². The van der Waals surface area contributed by atoms with Gasteiger partial charge in [0.2, 0.25) is 0 Å². The van der Waals surface area contributed by atoms with Gasteiger partial charge in [-0.1, -0.05) is 6.07 Å². The second-order valence-electron chi connectivity index (χ2n) is 5.88. The average molecular weight is 279 g/mol. The SMILES string of the molecule is O=C1CCCC1C1CCCN1Cc1ccc(F)cc1F. The van der Waals surface area contributed by atoms with Crippen molar-refractivity contribution in [1.29, 1.82) is 0 Å². The summed E-state index contributed by atoms with van der Waals surface area (Å²) in [5.41, 5.74) is 0.517. The quantitative estimate of drug-likeness (QED) is 0.846. The normalized spacial score (nSPS) is 27.4. The van der Waals surface area contributed by atoms with Crippen LogP contribution in [0.4, 0.5) is 8.78 Å². The number of likely N-dealkylation sites (tertiary alicyclic amines) is 1. The molecule has 1 aromatic rings. The first-order valence-electron chi connectivity index (χ1n) is 7.36. The van der Waals surface area contributed by atoms with E-state index in [4.69, 9.17) is 0 Å². The van der Waals surface area contributed by atoms with E-state index in [0.717, 1.165) is 38.3 Å². The predicted octanol–water partition coefficient (Wildman–Crippen LogP) is 3.30. The Morgan fingerprint density at radius 1 is 1.20 bits per heavy atom. The second-order valence-corrected chi connectivity index (χ2v) is 5.88. The van der Waals surface area contributed by atoms with Crippen LogP contribution in [0.3, 0.4) is 0 Å². The summed E-state index contributed by atoms with van der Waals surface area (Å²) in [6, 6.07) is 3.98. The highest BCUT2D eigenvalue weighted by molar-refractivity contribution is 5.83. The molecule has 1 heterocycles. The molecule has 1 saturated heterocycles. The van der Waals surface area contributed by atoms with Crippen LogP contribution in [0.1, 0.15) is 37.7 Å². The Morgan fingerprint density at radius 2 is 2.05 bits per heavy atom. The third-order valence-corrected chi connectivity index (χ3v) is 4.62. The molecular weight excluding hydrogens is 260 g/mol. The Morgan fingerprint density at radius 3 is 2.75 bits per heavy atom. The maximum atomic E-state index is 13.8. The highest BCUT2D eigenvalue weighted by atomic mass is 19.1. The molecule has 0 amide bonds. The summed E-state index contributed by atoms with van der Waals surface area (Å²) in [6.07, 6.45) is 4.71. The van der Waals surface area contributed by atoms with E-state index in [9.17, 15) is 13.6 Å². The Hall–Kier alpha value is -1.29. The lowest BCUT2D eigenvalue weighted by atomic mass is 9.95. The summed E-state index contributed by atoms with van der Waals surface area (Å²) >= 11 is 0. The zero-order valence-electron chi connectivity index (χ0n) is 11.4. The summed E-state index contributed by atoms with van der Waals surface area (Å²) in [7, 11) is 0. The molecule has 0 bridgehead atoms. The standard InChI is InChI=1S/C16H19F2NO/c17-12-7-6-11(14(18)9-12)10-19-8-2-4-15(19)13-3-1-5-16(13)20/h6-7,9,13,15H,1-5,8,10H2. The third kappa shape index (κ3) is 2.62. The van der Waals surface area contributed by atoms with Crippen LogP contribution in [-0.4, -0.2) is 23.3 Å². The van der Waals surface area contributed by atoms with Gasteiger partial charge in [-0.3, -0.25) is 9.69 Å². The first kappa shape index (κ1) is 13.7. The highest BCUT2D eigenvalue weighted by Crippen LogP contribution is 2.34. The van der Waals surface area contributed by atoms with Gasteiger partial charge in [0.1, 0.15) is 17.4 Å². The maximum Gasteiger partial charge on any atom is 0.137 e. The molecule has 20 heavy (non-hydrogen) atoms. The van der Waals surface area contributed by atoms with Gasteiger partial charge >= 0.3 is 0 Å². The van der Waals surface area contributed by atoms with E-state index in [1.54, 1.807) is 0 Å². The predicted molar refractivity (Wildman–Crippen MR) is 72.1 cm³/mol. The Kier molecular flexibility index (Phi) is 3.83. The number of Topliss-reactive ketones (excluding diaryl/α,β-unsaturated/α-hetero) is 1. The van der Waals surface area contributed by atoms with Crippen LogP contribution >= 0.6 is 0 Å². The van der Waals surface area contributed by atoms with Gasteiger partial charge in [-0.2, -0.15) is 0 Å². The van der Waals surface area contributed by atoms with E-state index >= 15 is 0 Å². The molecule has 1 saturated carbocycles. The van der Waals surface area contributed by atoms with Gasteiger partial charge in [-0.05, 0) is 38.3 Å². The number of nitrogens with zero attached hydrogens (tertiary/aromatic N) is 1. The largest absolute Gasteiger partial charge is 0.299 e. The molecule has 4 heteroatoms. The molecule has 2 nitrogen and oxygen atoms in total. The molecule has 2 aliphatic rings. The Labute approximate surface area is 117 Å². The van der Waals surface area contributed by atoms with Gasteiger partial charge in [0.05, 0.1) is 0 Å². The van der Waals surface area contributed by atoms with Crippen LogP contribution < -0.4 is 0 Å². The monoisotopic (exact) mass is 279 g/mol. The topological polar surface area (TPSA) is 20.3 Å². The Bertz CT molecular complexity index is 517. The summed E-state index contributed by atoms with van der Waals surface area (Å²) in [4.78, 5) is 14.1. The molecule has 2 fully saturated rings. The number of carbonyl (C=O) groups is 1. The first-order chi connectivity index (χ1) is 9.65. The molecule has 0 spiro atoms. The summed E-state index contributed by atoms with van der Waals surface area (Å²) in [5.74, 6) is -0.550. The van der Waals surface area contributed by atoms with Crippen LogP contribution in [-0.2, 0) is 11.3 Å². The fraction of sp³-hybridized carbons (Fsp3) is 0.562. The van der Waals surface area contributed by atoms with E-state index < -0.39 is 11.6 Å². The lowest BCUT2D eigenvalue weighted by Crippen LogP contribution is -2.37. The number of halogens is 2. The van der Waals surface area contributed by atoms with Crippen LogP contribution in [0.25, 0.3) is 0 Å². The minimum Gasteiger partial charge on any atom is -0.299 e. The van der Waals surface area contributed by atoms with Gasteiger partial charge < -0.3 is 0 Å². The van der Waals surface area contributed by atoms with E-state index in [-0.39, 0.29) is 12.0 Å².